The minimum Gasteiger partial charge on any atom is -0.508 e. The van der Waals surface area contributed by atoms with E-state index in [-0.39, 0.29) is 22.4 Å². The molecule has 0 aliphatic heterocycles. The van der Waals surface area contributed by atoms with Gasteiger partial charge in [-0.2, -0.15) is 13.2 Å². The van der Waals surface area contributed by atoms with Gasteiger partial charge in [-0.3, -0.25) is 0 Å². The molecule has 0 radical (unpaired) electrons. The molecule has 0 aromatic heterocycles. The Balaban J connectivity index is 0.000000791. The molecular formula is C9H11F3OS. The molecule has 80 valence electrons. The molecule has 0 heterocycles. The summed E-state index contributed by atoms with van der Waals surface area (Å²) in [6, 6.07) is 4.86. The van der Waals surface area contributed by atoms with Crippen LogP contribution in [0, 0.1) is 0 Å². The first-order chi connectivity index (χ1) is 6.47. The van der Waals surface area contributed by atoms with Gasteiger partial charge in [0.2, 0.25) is 0 Å². The van der Waals surface area contributed by atoms with Crippen LogP contribution < -0.4 is 0 Å². The van der Waals surface area contributed by atoms with Crippen LogP contribution >= 0.6 is 11.8 Å². The van der Waals surface area contributed by atoms with E-state index in [9.17, 15) is 13.2 Å². The molecule has 0 fully saturated rings. The molecule has 0 amide bonds. The first kappa shape index (κ1) is 13.2. The number of phenols is 1. The first-order valence-corrected chi connectivity index (χ1v) is 4.84. The molecule has 1 rings (SSSR count). The summed E-state index contributed by atoms with van der Waals surface area (Å²) in [5.41, 5.74) is -4.27. The van der Waals surface area contributed by atoms with E-state index in [4.69, 9.17) is 5.11 Å². The second-order valence-electron chi connectivity index (χ2n) is 2.04. The van der Waals surface area contributed by atoms with Crippen LogP contribution in [-0.2, 0) is 0 Å². The van der Waals surface area contributed by atoms with Crippen LogP contribution in [0.25, 0.3) is 0 Å². The molecule has 1 aromatic carbocycles. The number of thioether (sulfide) groups is 1. The third-order valence-electron chi connectivity index (χ3n) is 1.07. The highest BCUT2D eigenvalue weighted by Crippen LogP contribution is 2.36. The fraction of sp³-hybridized carbons (Fsp3) is 0.333. The van der Waals surface area contributed by atoms with Crippen molar-refractivity contribution < 1.29 is 18.3 Å². The quantitative estimate of drug-likeness (QED) is 0.727. The number of halogens is 3. The van der Waals surface area contributed by atoms with Crippen molar-refractivity contribution in [2.24, 2.45) is 0 Å². The van der Waals surface area contributed by atoms with Crippen LogP contribution in [0.1, 0.15) is 13.8 Å². The van der Waals surface area contributed by atoms with E-state index in [2.05, 4.69) is 0 Å². The van der Waals surface area contributed by atoms with E-state index in [0.29, 0.717) is 0 Å². The molecule has 0 spiro atoms. The van der Waals surface area contributed by atoms with Crippen molar-refractivity contribution in [1.29, 1.82) is 0 Å². The van der Waals surface area contributed by atoms with Crippen molar-refractivity contribution >= 4 is 11.8 Å². The van der Waals surface area contributed by atoms with E-state index in [1.807, 2.05) is 13.8 Å². The van der Waals surface area contributed by atoms with Crippen LogP contribution in [0.5, 0.6) is 5.75 Å². The summed E-state index contributed by atoms with van der Waals surface area (Å²) in [7, 11) is 0. The molecule has 0 aliphatic rings. The highest BCUT2D eigenvalue weighted by molar-refractivity contribution is 8.00. The SMILES string of the molecule is CC.Oc1ccc(SC(F)(F)F)cc1. The molecule has 1 nitrogen and oxygen atoms in total. The van der Waals surface area contributed by atoms with Crippen LogP contribution in [-0.4, -0.2) is 10.6 Å². The number of alkyl halides is 3. The Morgan fingerprint density at radius 2 is 1.50 bits per heavy atom. The van der Waals surface area contributed by atoms with Crippen molar-refractivity contribution in [3.8, 4) is 5.75 Å². The van der Waals surface area contributed by atoms with Gasteiger partial charge in [-0.05, 0) is 36.0 Å². The Morgan fingerprint density at radius 1 is 1.07 bits per heavy atom. The zero-order valence-electron chi connectivity index (χ0n) is 7.80. The highest BCUT2D eigenvalue weighted by Gasteiger charge is 2.28. The maximum atomic E-state index is 11.7. The lowest BCUT2D eigenvalue weighted by Crippen LogP contribution is -1.98. The summed E-state index contributed by atoms with van der Waals surface area (Å²) in [5.74, 6) is -0.0403. The molecular weight excluding hydrogens is 213 g/mol. The summed E-state index contributed by atoms with van der Waals surface area (Å²) in [4.78, 5) is 0.0697. The highest BCUT2D eigenvalue weighted by atomic mass is 32.2. The van der Waals surface area contributed by atoms with Crippen molar-refractivity contribution in [2.75, 3.05) is 0 Å². The summed E-state index contributed by atoms with van der Waals surface area (Å²) < 4.78 is 35.2. The molecule has 5 heteroatoms. The predicted molar refractivity (Wildman–Crippen MR) is 51.4 cm³/mol. The fourth-order valence-corrected chi connectivity index (χ4v) is 1.19. The lowest BCUT2D eigenvalue weighted by molar-refractivity contribution is -0.0328. The molecule has 0 saturated carbocycles. The summed E-state index contributed by atoms with van der Waals surface area (Å²) >= 11 is -0.202. The zero-order chi connectivity index (χ0) is 11.2. The van der Waals surface area contributed by atoms with Gasteiger partial charge in [-0.1, -0.05) is 13.8 Å². The number of hydrogen-bond acceptors (Lipinski definition) is 2. The van der Waals surface area contributed by atoms with E-state index in [1.165, 1.54) is 24.3 Å². The molecule has 0 bridgehead atoms. The third-order valence-corrected chi connectivity index (χ3v) is 1.81. The van der Waals surface area contributed by atoms with E-state index in [1.54, 1.807) is 0 Å². The molecule has 0 atom stereocenters. The maximum Gasteiger partial charge on any atom is 0.446 e. The summed E-state index contributed by atoms with van der Waals surface area (Å²) in [6.07, 6.45) is 0. The Hall–Kier alpha value is -0.840. The van der Waals surface area contributed by atoms with Crippen molar-refractivity contribution in [1.82, 2.24) is 0 Å². The molecule has 0 unspecified atom stereocenters. The van der Waals surface area contributed by atoms with Crippen LogP contribution in [0.2, 0.25) is 0 Å². The molecule has 1 aromatic rings. The van der Waals surface area contributed by atoms with Gasteiger partial charge < -0.3 is 5.11 Å². The number of phenolic OH excluding ortho intramolecular Hbond substituents is 1. The number of hydrogen-bond donors (Lipinski definition) is 1. The number of rotatable bonds is 1. The lowest BCUT2D eigenvalue weighted by Gasteiger charge is -2.04. The van der Waals surface area contributed by atoms with Gasteiger partial charge in [0, 0.05) is 4.90 Å². The Morgan fingerprint density at radius 3 is 1.86 bits per heavy atom. The van der Waals surface area contributed by atoms with Gasteiger partial charge in [0.15, 0.2) is 0 Å². The third kappa shape index (κ3) is 5.75. The van der Waals surface area contributed by atoms with Gasteiger partial charge in [-0.25, -0.2) is 0 Å². The number of benzene rings is 1. The summed E-state index contributed by atoms with van der Waals surface area (Å²) in [5, 5.41) is 8.76. The van der Waals surface area contributed by atoms with E-state index in [0.717, 1.165) is 0 Å². The van der Waals surface area contributed by atoms with E-state index >= 15 is 0 Å². The van der Waals surface area contributed by atoms with Crippen molar-refractivity contribution in [3.63, 3.8) is 0 Å². The van der Waals surface area contributed by atoms with Gasteiger partial charge >= 0.3 is 5.51 Å². The Labute approximate surface area is 84.9 Å². The van der Waals surface area contributed by atoms with Crippen molar-refractivity contribution in [2.45, 2.75) is 24.3 Å². The summed E-state index contributed by atoms with van der Waals surface area (Å²) in [6.45, 7) is 4.00. The lowest BCUT2D eigenvalue weighted by atomic mass is 10.3. The van der Waals surface area contributed by atoms with Gasteiger partial charge in [-0.15, -0.1) is 0 Å². The average molecular weight is 224 g/mol. The monoisotopic (exact) mass is 224 g/mol. The predicted octanol–water partition coefficient (Wildman–Crippen LogP) is 4.03. The molecule has 0 aliphatic carbocycles. The normalized spacial score (nSPS) is 10.4. The maximum absolute atomic E-state index is 11.7. The number of aromatic hydroxyl groups is 1. The molecule has 0 saturated heterocycles. The van der Waals surface area contributed by atoms with Gasteiger partial charge in [0.25, 0.3) is 0 Å². The van der Waals surface area contributed by atoms with Crippen LogP contribution in [0.3, 0.4) is 0 Å². The topological polar surface area (TPSA) is 20.2 Å². The minimum atomic E-state index is -4.27. The smallest absolute Gasteiger partial charge is 0.446 e. The average Bonchev–Trinajstić information content (AvgIpc) is 2.10. The molecule has 14 heavy (non-hydrogen) atoms. The largest absolute Gasteiger partial charge is 0.508 e. The zero-order valence-corrected chi connectivity index (χ0v) is 8.62. The van der Waals surface area contributed by atoms with Gasteiger partial charge in [0.05, 0.1) is 0 Å². The Kier molecular flexibility index (Phi) is 5.45. The minimum absolute atomic E-state index is 0.0403. The van der Waals surface area contributed by atoms with Crippen LogP contribution in [0.4, 0.5) is 13.2 Å². The second kappa shape index (κ2) is 5.80. The Bertz CT molecular complexity index is 256. The van der Waals surface area contributed by atoms with Crippen molar-refractivity contribution in [3.05, 3.63) is 24.3 Å². The fourth-order valence-electron chi connectivity index (χ4n) is 0.648. The molecule has 1 N–H and O–H groups in total. The van der Waals surface area contributed by atoms with Crippen LogP contribution in [0.15, 0.2) is 29.2 Å². The van der Waals surface area contributed by atoms with Gasteiger partial charge in [0.1, 0.15) is 5.75 Å². The first-order valence-electron chi connectivity index (χ1n) is 4.02. The standard InChI is InChI=1S/C7H5F3OS.C2H6/c8-7(9,10)12-6-3-1-5(11)2-4-6;1-2/h1-4,11H;1-2H3. The van der Waals surface area contributed by atoms with E-state index < -0.39 is 5.51 Å². The second-order valence-corrected chi connectivity index (χ2v) is 3.18.